The van der Waals surface area contributed by atoms with Gasteiger partial charge in [0.1, 0.15) is 0 Å². The summed E-state index contributed by atoms with van der Waals surface area (Å²) < 4.78 is 5.38. The summed E-state index contributed by atoms with van der Waals surface area (Å²) in [5, 5.41) is 0. The predicted octanol–water partition coefficient (Wildman–Crippen LogP) is 3.04. The lowest BCUT2D eigenvalue weighted by Gasteiger charge is -2.02. The number of nitrogens with one attached hydrogen (secondary N) is 1. The van der Waals surface area contributed by atoms with E-state index >= 15 is 0 Å². The van der Waals surface area contributed by atoms with Crippen molar-refractivity contribution in [1.29, 1.82) is 0 Å². The van der Waals surface area contributed by atoms with Crippen molar-refractivity contribution in [2.75, 3.05) is 6.61 Å². The van der Waals surface area contributed by atoms with Crippen LogP contribution in [0.3, 0.4) is 0 Å². The predicted molar refractivity (Wildman–Crippen MR) is 65.1 cm³/mol. The number of nitrogens with zero attached hydrogens (tertiary/aromatic N) is 2. The lowest BCUT2D eigenvalue weighted by Crippen LogP contribution is -2.02. The molecule has 1 heterocycles. The van der Waals surface area contributed by atoms with Gasteiger partial charge in [0, 0.05) is 6.42 Å². The zero-order valence-electron chi connectivity index (χ0n) is 9.53. The van der Waals surface area contributed by atoms with E-state index in [-0.39, 0.29) is 0 Å². The number of para-hydroxylation sites is 2. The van der Waals surface area contributed by atoms with Gasteiger partial charge in [-0.15, -0.1) is 0 Å². The molecule has 0 atom stereocenters. The van der Waals surface area contributed by atoms with Crippen molar-refractivity contribution in [3.63, 3.8) is 0 Å². The van der Waals surface area contributed by atoms with Gasteiger partial charge in [-0.3, -0.25) is 0 Å². The summed E-state index contributed by atoms with van der Waals surface area (Å²) in [7, 11) is 0. The van der Waals surface area contributed by atoms with E-state index < -0.39 is 0 Å². The number of benzene rings is 1. The minimum Gasteiger partial charge on any atom is -0.481 e. The Morgan fingerprint density at radius 2 is 2.19 bits per heavy atom. The minimum atomic E-state index is 0.603. The topological polar surface area (TPSA) is 50.3 Å². The molecule has 0 amide bonds. The van der Waals surface area contributed by atoms with Crippen LogP contribution in [0.2, 0.25) is 0 Å². The second-order valence-corrected chi connectivity index (χ2v) is 3.37. The molecule has 0 fully saturated rings. The van der Waals surface area contributed by atoms with Crippen LogP contribution in [0, 0.1) is 0 Å². The van der Waals surface area contributed by atoms with Gasteiger partial charge >= 0.3 is 0 Å². The number of fused-ring (bicyclic) bond motifs is 1. The molecule has 0 spiro atoms. The summed E-state index contributed by atoms with van der Waals surface area (Å²) in [6.07, 6.45) is 0.769. The van der Waals surface area contributed by atoms with E-state index in [2.05, 4.69) is 15.0 Å². The lowest BCUT2D eigenvalue weighted by molar-refractivity contribution is 0.319. The minimum absolute atomic E-state index is 0.603. The van der Waals surface area contributed by atoms with E-state index in [9.17, 15) is 0 Å². The molecule has 4 heteroatoms. The Morgan fingerprint density at radius 1 is 1.38 bits per heavy atom. The number of imidazole rings is 1. The van der Waals surface area contributed by atoms with Gasteiger partial charge in [-0.2, -0.15) is 4.99 Å². The molecule has 0 aliphatic rings. The fraction of sp³-hybridized carbons (Fsp3) is 0.333. The van der Waals surface area contributed by atoms with Crippen LogP contribution in [0.4, 0.5) is 5.95 Å². The van der Waals surface area contributed by atoms with E-state index in [0.717, 1.165) is 17.5 Å². The zero-order chi connectivity index (χ0) is 11.4. The highest BCUT2D eigenvalue weighted by atomic mass is 16.5. The highest BCUT2D eigenvalue weighted by Gasteiger charge is 2.02. The Balaban J connectivity index is 2.32. The van der Waals surface area contributed by atoms with Crippen LogP contribution < -0.4 is 0 Å². The summed E-state index contributed by atoms with van der Waals surface area (Å²) in [5.74, 6) is 1.31. The number of H-pyrrole nitrogens is 1. The summed E-state index contributed by atoms with van der Waals surface area (Å²) in [6.45, 7) is 4.59. The molecule has 0 bridgehead atoms. The first-order valence-electron chi connectivity index (χ1n) is 5.48. The number of aromatic amines is 1. The molecule has 1 N–H and O–H groups in total. The fourth-order valence-electron chi connectivity index (χ4n) is 1.49. The second kappa shape index (κ2) is 4.79. The van der Waals surface area contributed by atoms with E-state index in [0.29, 0.717) is 18.5 Å². The maximum absolute atomic E-state index is 5.38. The van der Waals surface area contributed by atoms with Gasteiger partial charge in [-0.25, -0.2) is 4.98 Å². The highest BCUT2D eigenvalue weighted by molar-refractivity contribution is 5.81. The first kappa shape index (κ1) is 10.7. The highest BCUT2D eigenvalue weighted by Crippen LogP contribution is 2.16. The van der Waals surface area contributed by atoms with Gasteiger partial charge < -0.3 is 9.72 Å². The van der Waals surface area contributed by atoms with Gasteiger partial charge in [0.15, 0.2) is 5.90 Å². The van der Waals surface area contributed by atoms with Gasteiger partial charge in [-0.1, -0.05) is 19.1 Å². The van der Waals surface area contributed by atoms with Crippen LogP contribution >= 0.6 is 0 Å². The Morgan fingerprint density at radius 3 is 2.88 bits per heavy atom. The molecule has 1 aromatic carbocycles. The van der Waals surface area contributed by atoms with E-state index in [1.807, 2.05) is 38.1 Å². The van der Waals surface area contributed by atoms with Crippen LogP contribution in [0.5, 0.6) is 0 Å². The van der Waals surface area contributed by atoms with Crippen LogP contribution in [-0.4, -0.2) is 22.5 Å². The maximum atomic E-state index is 5.38. The Bertz CT molecular complexity index is 469. The molecule has 2 aromatic rings. The largest absolute Gasteiger partial charge is 0.481 e. The van der Waals surface area contributed by atoms with Gasteiger partial charge in [0.2, 0.25) is 5.95 Å². The lowest BCUT2D eigenvalue weighted by atomic mass is 10.3. The number of rotatable bonds is 3. The molecule has 1 aromatic heterocycles. The Hall–Kier alpha value is -1.84. The van der Waals surface area contributed by atoms with Gasteiger partial charge in [-0.05, 0) is 19.1 Å². The van der Waals surface area contributed by atoms with E-state index in [1.165, 1.54) is 0 Å². The first-order chi connectivity index (χ1) is 7.83. The summed E-state index contributed by atoms with van der Waals surface area (Å²) >= 11 is 0. The van der Waals surface area contributed by atoms with Gasteiger partial charge in [0.25, 0.3) is 0 Å². The van der Waals surface area contributed by atoms with Crippen LogP contribution in [-0.2, 0) is 4.74 Å². The second-order valence-electron chi connectivity index (χ2n) is 3.37. The third kappa shape index (κ3) is 2.21. The van der Waals surface area contributed by atoms with Crippen molar-refractivity contribution in [2.45, 2.75) is 20.3 Å². The number of hydrogen-bond donors (Lipinski definition) is 1. The third-order valence-electron chi connectivity index (χ3n) is 2.22. The molecule has 0 aliphatic carbocycles. The molecule has 0 radical (unpaired) electrons. The molecule has 16 heavy (non-hydrogen) atoms. The van der Waals surface area contributed by atoms with Crippen molar-refractivity contribution in [3.8, 4) is 0 Å². The monoisotopic (exact) mass is 217 g/mol. The van der Waals surface area contributed by atoms with Crippen molar-refractivity contribution >= 4 is 22.9 Å². The molecular formula is C12H15N3O. The average molecular weight is 217 g/mol. The van der Waals surface area contributed by atoms with Crippen molar-refractivity contribution in [1.82, 2.24) is 9.97 Å². The number of ether oxygens (including phenoxy) is 1. The van der Waals surface area contributed by atoms with E-state index in [1.54, 1.807) is 0 Å². The molecule has 4 nitrogen and oxygen atoms in total. The number of hydrogen-bond acceptors (Lipinski definition) is 3. The Kier molecular flexibility index (Phi) is 3.19. The molecule has 84 valence electrons. The molecular weight excluding hydrogens is 202 g/mol. The van der Waals surface area contributed by atoms with Crippen LogP contribution in [0.15, 0.2) is 29.3 Å². The molecule has 2 rings (SSSR count). The van der Waals surface area contributed by atoms with Crippen LogP contribution in [0.25, 0.3) is 11.0 Å². The van der Waals surface area contributed by atoms with E-state index in [4.69, 9.17) is 4.74 Å². The van der Waals surface area contributed by atoms with Crippen molar-refractivity contribution in [3.05, 3.63) is 24.3 Å². The third-order valence-corrected chi connectivity index (χ3v) is 2.22. The van der Waals surface area contributed by atoms with Crippen molar-refractivity contribution in [2.24, 2.45) is 4.99 Å². The smallest absolute Gasteiger partial charge is 0.230 e. The zero-order valence-corrected chi connectivity index (χ0v) is 9.53. The Labute approximate surface area is 94.4 Å². The normalized spacial score (nSPS) is 12.0. The summed E-state index contributed by atoms with van der Waals surface area (Å²) in [5.41, 5.74) is 1.92. The number of aliphatic imine (C=N–C) groups is 1. The average Bonchev–Trinajstić information content (AvgIpc) is 2.70. The first-order valence-corrected chi connectivity index (χ1v) is 5.48. The SMILES string of the molecule is CCO/C(CC)=N/c1nc2ccccc2[nH]1. The summed E-state index contributed by atoms with van der Waals surface area (Å²) in [6, 6.07) is 7.86. The molecule has 0 unspecified atom stereocenters. The van der Waals surface area contributed by atoms with Crippen LogP contribution in [0.1, 0.15) is 20.3 Å². The quantitative estimate of drug-likeness (QED) is 0.634. The molecule has 0 aliphatic heterocycles. The standard InChI is InChI=1S/C12H15N3O/c1-3-11(16-4-2)15-12-13-9-7-5-6-8-10(9)14-12/h5-8H,3-4H2,1-2H3,(H,13,14)/b15-11+. The van der Waals surface area contributed by atoms with Gasteiger partial charge in [0.05, 0.1) is 17.6 Å². The molecule has 0 saturated heterocycles. The summed E-state index contributed by atoms with van der Waals surface area (Å²) in [4.78, 5) is 11.8. The van der Waals surface area contributed by atoms with Crippen molar-refractivity contribution < 1.29 is 4.74 Å². The number of aromatic nitrogens is 2. The molecule has 0 saturated carbocycles. The fourth-order valence-corrected chi connectivity index (χ4v) is 1.49. The maximum Gasteiger partial charge on any atom is 0.230 e.